The van der Waals surface area contributed by atoms with Gasteiger partial charge in [-0.1, -0.05) is 0 Å². The predicted octanol–water partition coefficient (Wildman–Crippen LogP) is 1.48. The summed E-state index contributed by atoms with van der Waals surface area (Å²) in [5, 5.41) is 12.0. The molecule has 1 fully saturated rings. The number of nitrogens with zero attached hydrogens (tertiary/aromatic N) is 2. The summed E-state index contributed by atoms with van der Waals surface area (Å²) < 4.78 is 0. The Kier molecular flexibility index (Phi) is 1.18. The van der Waals surface area contributed by atoms with Crippen LogP contribution in [0.15, 0.2) is 12.1 Å². The van der Waals surface area contributed by atoms with Gasteiger partial charge in [0.05, 0.1) is 11.4 Å². The lowest BCUT2D eigenvalue weighted by molar-refractivity contribution is 0.795. The summed E-state index contributed by atoms with van der Waals surface area (Å²) in [5.74, 6) is 1.40. The highest BCUT2D eigenvalue weighted by Crippen LogP contribution is 2.51. The molecule has 0 aromatic carbocycles. The van der Waals surface area contributed by atoms with Crippen molar-refractivity contribution in [2.24, 2.45) is 5.92 Å². The number of anilines is 1. The molecule has 3 nitrogen and oxygen atoms in total. The zero-order chi connectivity index (χ0) is 8.84. The van der Waals surface area contributed by atoms with Crippen molar-refractivity contribution in [3.63, 3.8) is 0 Å². The Bertz CT molecular complexity index is 405. The number of aromatic nitrogens is 1. The average Bonchev–Trinajstić information content (AvgIpc) is 2.96. The van der Waals surface area contributed by atoms with Crippen LogP contribution in [0, 0.1) is 17.2 Å². The lowest BCUT2D eigenvalue weighted by Gasteiger charge is -2.15. The van der Waals surface area contributed by atoms with Gasteiger partial charge in [-0.15, -0.1) is 0 Å². The highest BCUT2D eigenvalue weighted by atomic mass is 15.0. The topological polar surface area (TPSA) is 48.7 Å². The molecule has 3 rings (SSSR count). The number of nitrogens with one attached hydrogen (secondary N) is 1. The SMILES string of the molecule is N#Cc1ccc2c(n1)C1CC1CN2. The second kappa shape index (κ2) is 2.23. The second-order valence-electron chi connectivity index (χ2n) is 3.72. The van der Waals surface area contributed by atoms with E-state index in [1.165, 1.54) is 6.42 Å². The lowest BCUT2D eigenvalue weighted by atomic mass is 10.1. The summed E-state index contributed by atoms with van der Waals surface area (Å²) in [5.41, 5.74) is 2.76. The van der Waals surface area contributed by atoms with E-state index in [0.29, 0.717) is 11.6 Å². The number of nitriles is 1. The first-order chi connectivity index (χ1) is 6.38. The van der Waals surface area contributed by atoms with Gasteiger partial charge in [0.15, 0.2) is 0 Å². The van der Waals surface area contributed by atoms with Crippen LogP contribution in [0.1, 0.15) is 23.7 Å². The highest BCUT2D eigenvalue weighted by molar-refractivity contribution is 5.55. The first-order valence-corrected chi connectivity index (χ1v) is 4.53. The molecule has 3 heteroatoms. The molecular formula is C10H9N3. The first-order valence-electron chi connectivity index (χ1n) is 4.53. The third-order valence-electron chi connectivity index (χ3n) is 2.87. The summed E-state index contributed by atoms with van der Waals surface area (Å²) in [6, 6.07) is 5.82. The monoisotopic (exact) mass is 171 g/mol. The van der Waals surface area contributed by atoms with Gasteiger partial charge in [0, 0.05) is 12.5 Å². The number of hydrogen-bond donors (Lipinski definition) is 1. The molecule has 0 amide bonds. The van der Waals surface area contributed by atoms with Crippen molar-refractivity contribution in [3.8, 4) is 6.07 Å². The summed E-state index contributed by atoms with van der Waals surface area (Å²) in [6.07, 6.45) is 1.24. The minimum absolute atomic E-state index is 0.535. The van der Waals surface area contributed by atoms with Crippen LogP contribution in [-0.4, -0.2) is 11.5 Å². The molecular weight excluding hydrogens is 162 g/mol. The molecule has 0 saturated heterocycles. The van der Waals surface area contributed by atoms with Crippen LogP contribution in [0.4, 0.5) is 5.69 Å². The Hall–Kier alpha value is -1.56. The molecule has 1 saturated carbocycles. The average molecular weight is 171 g/mol. The highest BCUT2D eigenvalue weighted by Gasteiger charge is 2.43. The maximum atomic E-state index is 8.71. The number of pyridine rings is 1. The molecule has 2 heterocycles. The standard InChI is InChI=1S/C10H9N3/c11-4-7-1-2-9-10(13-7)8-3-6(8)5-12-9/h1-2,6,8,12H,3,5H2. The van der Waals surface area contributed by atoms with Crippen molar-refractivity contribution >= 4 is 5.69 Å². The molecule has 1 aromatic heterocycles. The Morgan fingerprint density at radius 3 is 3.31 bits per heavy atom. The molecule has 1 N–H and O–H groups in total. The van der Waals surface area contributed by atoms with Gasteiger partial charge in [0.2, 0.25) is 0 Å². The fraction of sp³-hybridized carbons (Fsp3) is 0.400. The Morgan fingerprint density at radius 2 is 2.46 bits per heavy atom. The summed E-state index contributed by atoms with van der Waals surface area (Å²) in [7, 11) is 0. The quantitative estimate of drug-likeness (QED) is 0.643. The predicted molar refractivity (Wildman–Crippen MR) is 48.3 cm³/mol. The fourth-order valence-electron chi connectivity index (χ4n) is 2.02. The van der Waals surface area contributed by atoms with Crippen LogP contribution in [-0.2, 0) is 0 Å². The maximum Gasteiger partial charge on any atom is 0.140 e. The van der Waals surface area contributed by atoms with Crippen molar-refractivity contribution in [1.29, 1.82) is 5.26 Å². The van der Waals surface area contributed by atoms with Crippen LogP contribution < -0.4 is 5.32 Å². The van der Waals surface area contributed by atoms with Gasteiger partial charge in [0.25, 0.3) is 0 Å². The summed E-state index contributed by atoms with van der Waals surface area (Å²) >= 11 is 0. The van der Waals surface area contributed by atoms with Gasteiger partial charge in [-0.2, -0.15) is 5.26 Å². The zero-order valence-corrected chi connectivity index (χ0v) is 7.12. The van der Waals surface area contributed by atoms with Crippen molar-refractivity contribution in [2.45, 2.75) is 12.3 Å². The van der Waals surface area contributed by atoms with Crippen molar-refractivity contribution in [2.75, 3.05) is 11.9 Å². The Morgan fingerprint density at radius 1 is 1.54 bits per heavy atom. The molecule has 0 radical (unpaired) electrons. The van der Waals surface area contributed by atoms with Crippen LogP contribution in [0.25, 0.3) is 0 Å². The number of hydrogen-bond acceptors (Lipinski definition) is 3. The molecule has 2 aliphatic rings. The Balaban J connectivity index is 2.12. The molecule has 13 heavy (non-hydrogen) atoms. The molecule has 64 valence electrons. The summed E-state index contributed by atoms with van der Waals surface area (Å²) in [4.78, 5) is 4.33. The number of fused-ring (bicyclic) bond motifs is 3. The van der Waals surface area contributed by atoms with E-state index < -0.39 is 0 Å². The van der Waals surface area contributed by atoms with E-state index in [0.717, 1.165) is 23.8 Å². The van der Waals surface area contributed by atoms with Gasteiger partial charge in [-0.25, -0.2) is 4.98 Å². The zero-order valence-electron chi connectivity index (χ0n) is 7.12. The molecule has 1 aromatic rings. The molecule has 0 spiro atoms. The van der Waals surface area contributed by atoms with E-state index in [9.17, 15) is 0 Å². The van der Waals surface area contributed by atoms with Crippen LogP contribution in [0.3, 0.4) is 0 Å². The van der Waals surface area contributed by atoms with E-state index in [2.05, 4.69) is 16.4 Å². The van der Waals surface area contributed by atoms with E-state index in [-0.39, 0.29) is 0 Å². The van der Waals surface area contributed by atoms with Gasteiger partial charge in [-0.05, 0) is 24.5 Å². The molecule has 1 aliphatic heterocycles. The third kappa shape index (κ3) is 0.919. The van der Waals surface area contributed by atoms with Crippen LogP contribution >= 0.6 is 0 Å². The molecule has 1 aliphatic carbocycles. The van der Waals surface area contributed by atoms with Crippen LogP contribution in [0.5, 0.6) is 0 Å². The van der Waals surface area contributed by atoms with Gasteiger partial charge in [0.1, 0.15) is 11.8 Å². The van der Waals surface area contributed by atoms with Gasteiger partial charge >= 0.3 is 0 Å². The van der Waals surface area contributed by atoms with Crippen LogP contribution in [0.2, 0.25) is 0 Å². The first kappa shape index (κ1) is 6.90. The maximum absolute atomic E-state index is 8.71. The van der Waals surface area contributed by atoms with E-state index in [1.807, 2.05) is 6.07 Å². The number of rotatable bonds is 0. The molecule has 2 atom stereocenters. The van der Waals surface area contributed by atoms with Gasteiger partial charge < -0.3 is 5.32 Å². The third-order valence-corrected chi connectivity index (χ3v) is 2.87. The minimum Gasteiger partial charge on any atom is -0.383 e. The van der Waals surface area contributed by atoms with E-state index >= 15 is 0 Å². The second-order valence-corrected chi connectivity index (χ2v) is 3.72. The van der Waals surface area contributed by atoms with E-state index in [4.69, 9.17) is 5.26 Å². The van der Waals surface area contributed by atoms with Crippen molar-refractivity contribution in [3.05, 3.63) is 23.5 Å². The Labute approximate surface area is 76.4 Å². The smallest absolute Gasteiger partial charge is 0.140 e. The fourth-order valence-corrected chi connectivity index (χ4v) is 2.02. The summed E-state index contributed by atoms with van der Waals surface area (Å²) in [6.45, 7) is 1.07. The lowest BCUT2D eigenvalue weighted by Crippen LogP contribution is -2.13. The largest absolute Gasteiger partial charge is 0.383 e. The minimum atomic E-state index is 0.535. The van der Waals surface area contributed by atoms with Gasteiger partial charge in [-0.3, -0.25) is 0 Å². The molecule has 0 bridgehead atoms. The van der Waals surface area contributed by atoms with Crippen molar-refractivity contribution in [1.82, 2.24) is 4.98 Å². The molecule has 2 unspecified atom stereocenters. The van der Waals surface area contributed by atoms with Crippen molar-refractivity contribution < 1.29 is 0 Å². The normalized spacial score (nSPS) is 27.9. The van der Waals surface area contributed by atoms with E-state index in [1.54, 1.807) is 6.07 Å².